The fourth-order valence-corrected chi connectivity index (χ4v) is 2.61. The Morgan fingerprint density at radius 2 is 1.36 bits per heavy atom. The largest absolute Gasteiger partial charge is 0.495 e. The van der Waals surface area contributed by atoms with Crippen molar-refractivity contribution in [2.45, 2.75) is 6.92 Å². The molecule has 0 fully saturated rings. The van der Waals surface area contributed by atoms with Crippen molar-refractivity contribution in [2.75, 3.05) is 23.1 Å². The van der Waals surface area contributed by atoms with Crippen LogP contribution in [0.5, 0.6) is 5.75 Å². The number of anilines is 4. The molecule has 0 heterocycles. The molecule has 0 bridgehead atoms. The molecule has 0 aromatic heterocycles. The van der Waals surface area contributed by atoms with Crippen LogP contribution in [0.25, 0.3) is 0 Å². The van der Waals surface area contributed by atoms with Crippen molar-refractivity contribution in [1.82, 2.24) is 0 Å². The Labute approximate surface area is 163 Å². The summed E-state index contributed by atoms with van der Waals surface area (Å²) in [4.78, 5) is 24.4. The predicted molar refractivity (Wildman–Crippen MR) is 111 cm³/mol. The first-order valence-electron chi connectivity index (χ1n) is 8.74. The van der Waals surface area contributed by atoms with E-state index in [0.29, 0.717) is 17.1 Å². The molecule has 0 aliphatic carbocycles. The van der Waals surface area contributed by atoms with E-state index in [0.717, 1.165) is 16.9 Å². The van der Waals surface area contributed by atoms with E-state index >= 15 is 0 Å². The van der Waals surface area contributed by atoms with Crippen LogP contribution in [-0.4, -0.2) is 18.9 Å². The van der Waals surface area contributed by atoms with Crippen molar-refractivity contribution in [3.05, 3.63) is 78.4 Å². The fraction of sp³-hybridized carbons (Fsp3) is 0.0909. The lowest BCUT2D eigenvalue weighted by Gasteiger charge is -2.11. The minimum absolute atomic E-state index is 0.449. The number of amides is 2. The van der Waals surface area contributed by atoms with E-state index in [-0.39, 0.29) is 0 Å². The van der Waals surface area contributed by atoms with Gasteiger partial charge in [0.1, 0.15) is 5.75 Å². The third-order valence-corrected chi connectivity index (χ3v) is 4.01. The highest BCUT2D eigenvalue weighted by molar-refractivity contribution is 6.43. The molecule has 3 N–H and O–H groups in total. The summed E-state index contributed by atoms with van der Waals surface area (Å²) in [6.45, 7) is 1.89. The minimum Gasteiger partial charge on any atom is -0.495 e. The molecule has 0 aliphatic rings. The molecule has 0 atom stereocenters. The molecule has 6 nitrogen and oxygen atoms in total. The first-order chi connectivity index (χ1) is 13.5. The third kappa shape index (κ3) is 4.88. The van der Waals surface area contributed by atoms with Gasteiger partial charge >= 0.3 is 11.8 Å². The normalized spacial score (nSPS) is 10.1. The van der Waals surface area contributed by atoms with Crippen molar-refractivity contribution in [3.8, 4) is 5.75 Å². The standard InChI is InChI=1S/C22H21N3O3/c1-15-8-13-20(28-2)19(14-15)25-22(27)21(26)24-18-11-9-17(10-12-18)23-16-6-4-3-5-7-16/h3-14,23H,1-2H3,(H,24,26)(H,25,27). The van der Waals surface area contributed by atoms with Crippen molar-refractivity contribution >= 4 is 34.6 Å². The highest BCUT2D eigenvalue weighted by Gasteiger charge is 2.16. The van der Waals surface area contributed by atoms with Crippen molar-refractivity contribution in [1.29, 1.82) is 0 Å². The number of carbonyl (C=O) groups is 2. The lowest BCUT2D eigenvalue weighted by molar-refractivity contribution is -0.133. The van der Waals surface area contributed by atoms with Crippen LogP contribution in [0, 0.1) is 6.92 Å². The molecule has 3 aromatic rings. The van der Waals surface area contributed by atoms with E-state index in [2.05, 4.69) is 16.0 Å². The number of para-hydroxylation sites is 1. The Morgan fingerprint density at radius 1 is 0.750 bits per heavy atom. The van der Waals surface area contributed by atoms with Crippen molar-refractivity contribution < 1.29 is 14.3 Å². The molecule has 3 rings (SSSR count). The smallest absolute Gasteiger partial charge is 0.314 e. The Balaban J connectivity index is 1.61. The molecule has 2 amide bonds. The van der Waals surface area contributed by atoms with E-state index in [4.69, 9.17) is 4.74 Å². The van der Waals surface area contributed by atoms with Crippen LogP contribution in [0.3, 0.4) is 0 Å². The predicted octanol–water partition coefficient (Wildman–Crippen LogP) is 4.32. The molecule has 6 heteroatoms. The summed E-state index contributed by atoms with van der Waals surface area (Å²) in [6.07, 6.45) is 0. The molecule has 28 heavy (non-hydrogen) atoms. The maximum absolute atomic E-state index is 12.2. The summed E-state index contributed by atoms with van der Waals surface area (Å²) in [5.74, 6) is -1.04. The van der Waals surface area contributed by atoms with Gasteiger partial charge in [0.05, 0.1) is 12.8 Å². The van der Waals surface area contributed by atoms with Crippen LogP contribution >= 0.6 is 0 Å². The Bertz CT molecular complexity index is 970. The average Bonchev–Trinajstić information content (AvgIpc) is 2.70. The summed E-state index contributed by atoms with van der Waals surface area (Å²) < 4.78 is 5.21. The second-order valence-corrected chi connectivity index (χ2v) is 6.18. The van der Waals surface area contributed by atoms with E-state index in [1.54, 1.807) is 24.3 Å². The zero-order valence-corrected chi connectivity index (χ0v) is 15.7. The van der Waals surface area contributed by atoms with Gasteiger partial charge in [-0.2, -0.15) is 0 Å². The molecule has 142 valence electrons. The topological polar surface area (TPSA) is 79.5 Å². The number of hydrogen-bond acceptors (Lipinski definition) is 4. The summed E-state index contributed by atoms with van der Waals surface area (Å²) in [7, 11) is 1.51. The van der Waals surface area contributed by atoms with Crippen LogP contribution in [0.2, 0.25) is 0 Å². The lowest BCUT2D eigenvalue weighted by atomic mass is 10.2. The third-order valence-electron chi connectivity index (χ3n) is 4.01. The van der Waals surface area contributed by atoms with Crippen molar-refractivity contribution in [3.63, 3.8) is 0 Å². The van der Waals surface area contributed by atoms with Crippen LogP contribution in [0.15, 0.2) is 72.8 Å². The number of aryl methyl sites for hydroxylation is 1. The highest BCUT2D eigenvalue weighted by Crippen LogP contribution is 2.25. The van der Waals surface area contributed by atoms with Gasteiger partial charge in [-0.25, -0.2) is 0 Å². The molecular formula is C22H21N3O3. The van der Waals surface area contributed by atoms with Crippen molar-refractivity contribution in [2.24, 2.45) is 0 Å². The molecule has 0 unspecified atom stereocenters. The van der Waals surface area contributed by atoms with Gasteiger partial charge < -0.3 is 20.7 Å². The molecule has 3 aromatic carbocycles. The molecular weight excluding hydrogens is 354 g/mol. The lowest BCUT2D eigenvalue weighted by Crippen LogP contribution is -2.29. The Hall–Kier alpha value is -3.80. The number of nitrogens with one attached hydrogen (secondary N) is 3. The van der Waals surface area contributed by atoms with Crippen LogP contribution in [0.1, 0.15) is 5.56 Å². The van der Waals surface area contributed by atoms with Gasteiger partial charge in [-0.1, -0.05) is 24.3 Å². The van der Waals surface area contributed by atoms with E-state index in [9.17, 15) is 9.59 Å². The maximum Gasteiger partial charge on any atom is 0.314 e. The molecule has 0 radical (unpaired) electrons. The quantitative estimate of drug-likeness (QED) is 0.580. The van der Waals surface area contributed by atoms with Crippen LogP contribution in [-0.2, 0) is 9.59 Å². The van der Waals surface area contributed by atoms with Gasteiger partial charge in [-0.05, 0) is 61.0 Å². The molecule has 0 saturated carbocycles. The number of hydrogen-bond donors (Lipinski definition) is 3. The summed E-state index contributed by atoms with van der Waals surface area (Å²) in [5, 5.41) is 8.42. The highest BCUT2D eigenvalue weighted by atomic mass is 16.5. The number of ether oxygens (including phenoxy) is 1. The second kappa shape index (κ2) is 8.73. The van der Waals surface area contributed by atoms with E-state index < -0.39 is 11.8 Å². The average molecular weight is 375 g/mol. The van der Waals surface area contributed by atoms with E-state index in [1.165, 1.54) is 7.11 Å². The molecule has 0 spiro atoms. The Kier molecular flexibility index (Phi) is 5.91. The summed E-state index contributed by atoms with van der Waals surface area (Å²) in [5.41, 5.74) is 3.75. The Morgan fingerprint density at radius 3 is 2.04 bits per heavy atom. The minimum atomic E-state index is -0.768. The van der Waals surface area contributed by atoms with Gasteiger partial charge in [-0.3, -0.25) is 9.59 Å². The van der Waals surface area contributed by atoms with Gasteiger partial charge in [0.15, 0.2) is 0 Å². The first kappa shape index (κ1) is 19.0. The number of methoxy groups -OCH3 is 1. The van der Waals surface area contributed by atoms with Gasteiger partial charge in [0.2, 0.25) is 0 Å². The summed E-state index contributed by atoms with van der Waals surface area (Å²) in [6, 6.07) is 22.2. The van der Waals surface area contributed by atoms with Crippen LogP contribution in [0.4, 0.5) is 22.7 Å². The van der Waals surface area contributed by atoms with Gasteiger partial charge in [-0.15, -0.1) is 0 Å². The second-order valence-electron chi connectivity index (χ2n) is 6.18. The molecule has 0 saturated heterocycles. The zero-order valence-electron chi connectivity index (χ0n) is 15.7. The van der Waals surface area contributed by atoms with Crippen LogP contribution < -0.4 is 20.7 Å². The van der Waals surface area contributed by atoms with E-state index in [1.807, 2.05) is 55.5 Å². The number of benzene rings is 3. The monoisotopic (exact) mass is 375 g/mol. The SMILES string of the molecule is COc1ccc(C)cc1NC(=O)C(=O)Nc1ccc(Nc2ccccc2)cc1. The summed E-state index contributed by atoms with van der Waals surface area (Å²) >= 11 is 0. The first-order valence-corrected chi connectivity index (χ1v) is 8.74. The maximum atomic E-state index is 12.2. The van der Waals surface area contributed by atoms with Gasteiger partial charge in [0.25, 0.3) is 0 Å². The molecule has 0 aliphatic heterocycles. The zero-order chi connectivity index (χ0) is 19.9. The number of rotatable bonds is 5. The fourth-order valence-electron chi connectivity index (χ4n) is 2.61. The van der Waals surface area contributed by atoms with Gasteiger partial charge in [0, 0.05) is 17.1 Å². The number of carbonyl (C=O) groups excluding carboxylic acids is 2.